The van der Waals surface area contributed by atoms with Crippen LogP contribution in [-0.2, 0) is 9.47 Å². The molecule has 0 aromatic carbocycles. The highest BCUT2D eigenvalue weighted by atomic mass is 16.7. The van der Waals surface area contributed by atoms with Crippen LogP contribution in [0.1, 0.15) is 46.0 Å². The van der Waals surface area contributed by atoms with Gasteiger partial charge in [0, 0.05) is 13.2 Å². The van der Waals surface area contributed by atoms with Crippen molar-refractivity contribution in [3.63, 3.8) is 0 Å². The molecule has 1 rings (SSSR count). The van der Waals surface area contributed by atoms with Crippen molar-refractivity contribution in [3.8, 4) is 6.07 Å². The summed E-state index contributed by atoms with van der Waals surface area (Å²) in [5.74, 6) is -0.300. The highest BCUT2D eigenvalue weighted by molar-refractivity contribution is 5.64. The Morgan fingerprint density at radius 2 is 2.33 bits per heavy atom. The summed E-state index contributed by atoms with van der Waals surface area (Å²) in [6.07, 6.45) is 3.45. The van der Waals surface area contributed by atoms with Gasteiger partial charge in [-0.2, -0.15) is 5.26 Å². The van der Waals surface area contributed by atoms with E-state index in [1.807, 2.05) is 0 Å². The van der Waals surface area contributed by atoms with Gasteiger partial charge in [-0.15, -0.1) is 0 Å². The summed E-state index contributed by atoms with van der Waals surface area (Å²) in [5, 5.41) is 19.9. The molecule has 2 N–H and O–H groups in total. The fourth-order valence-electron chi connectivity index (χ4n) is 2.22. The van der Waals surface area contributed by atoms with E-state index in [1.165, 1.54) is 0 Å². The van der Waals surface area contributed by atoms with Crippen LogP contribution in [0, 0.1) is 22.7 Å². The van der Waals surface area contributed by atoms with E-state index in [0.29, 0.717) is 13.0 Å². The third-order valence-corrected chi connectivity index (χ3v) is 3.65. The number of ether oxygens (including phenoxy) is 2. The normalized spacial score (nSPS) is 20.5. The number of amides is 1. The Bertz CT molecular complexity index is 359. The Balaban J connectivity index is 2.26. The fourth-order valence-corrected chi connectivity index (χ4v) is 2.22. The molecule has 1 amide bonds. The zero-order valence-corrected chi connectivity index (χ0v) is 12.9. The Labute approximate surface area is 126 Å². The van der Waals surface area contributed by atoms with Gasteiger partial charge in [0.25, 0.3) is 0 Å². The minimum absolute atomic E-state index is 0.0564. The second-order valence-electron chi connectivity index (χ2n) is 6.32. The van der Waals surface area contributed by atoms with E-state index < -0.39 is 6.09 Å². The molecule has 0 aromatic rings. The second kappa shape index (κ2) is 8.85. The Morgan fingerprint density at radius 1 is 1.57 bits per heavy atom. The minimum atomic E-state index is -1.09. The molecular weight excluding hydrogens is 272 g/mol. The molecule has 6 nitrogen and oxygen atoms in total. The molecule has 1 heterocycles. The number of carboxylic acid groups (broad SMARTS) is 1. The summed E-state index contributed by atoms with van der Waals surface area (Å²) >= 11 is 0. The van der Waals surface area contributed by atoms with E-state index in [-0.39, 0.29) is 24.2 Å². The van der Waals surface area contributed by atoms with E-state index in [4.69, 9.17) is 19.8 Å². The summed E-state index contributed by atoms with van der Waals surface area (Å²) in [6, 6.07) is 2.14. The maximum absolute atomic E-state index is 10.4. The van der Waals surface area contributed by atoms with Crippen molar-refractivity contribution in [2.75, 3.05) is 19.8 Å². The maximum atomic E-state index is 10.4. The first kappa shape index (κ1) is 17.7. The largest absolute Gasteiger partial charge is 0.465 e. The zero-order chi connectivity index (χ0) is 15.7. The van der Waals surface area contributed by atoms with Gasteiger partial charge in [0.15, 0.2) is 6.29 Å². The quantitative estimate of drug-likeness (QED) is 0.719. The molecule has 0 spiro atoms. The van der Waals surface area contributed by atoms with E-state index in [9.17, 15) is 4.79 Å². The molecule has 1 aliphatic rings. The molecule has 21 heavy (non-hydrogen) atoms. The van der Waals surface area contributed by atoms with Crippen LogP contribution in [0.2, 0.25) is 0 Å². The van der Waals surface area contributed by atoms with E-state index >= 15 is 0 Å². The number of nitriles is 1. The molecule has 6 heteroatoms. The summed E-state index contributed by atoms with van der Waals surface area (Å²) in [7, 11) is 0. The van der Waals surface area contributed by atoms with Crippen LogP contribution in [0.5, 0.6) is 0 Å². The third kappa shape index (κ3) is 7.88. The number of nitrogens with one attached hydrogen (secondary N) is 1. The van der Waals surface area contributed by atoms with Crippen LogP contribution in [0.4, 0.5) is 4.79 Å². The van der Waals surface area contributed by atoms with E-state index in [1.54, 1.807) is 0 Å². The SMILES string of the molecule is CC(C)(CCC(C#N)CNC(=O)O)COC1CCCCO1. The molecule has 0 saturated carbocycles. The molecule has 2 atom stereocenters. The number of hydrogen-bond donors (Lipinski definition) is 2. The van der Waals surface area contributed by atoms with E-state index in [2.05, 4.69) is 25.2 Å². The van der Waals surface area contributed by atoms with Gasteiger partial charge in [0.05, 0.1) is 18.6 Å². The van der Waals surface area contributed by atoms with Crippen LogP contribution in [0.3, 0.4) is 0 Å². The Morgan fingerprint density at radius 3 is 2.90 bits per heavy atom. The first-order valence-electron chi connectivity index (χ1n) is 7.52. The summed E-state index contributed by atoms with van der Waals surface area (Å²) in [5.41, 5.74) is -0.0564. The topological polar surface area (TPSA) is 91.6 Å². The predicted octanol–water partition coefficient (Wildman–Crippen LogP) is 2.74. The van der Waals surface area contributed by atoms with Gasteiger partial charge < -0.3 is 19.9 Å². The lowest BCUT2D eigenvalue weighted by atomic mass is 9.85. The number of carbonyl (C=O) groups is 1. The van der Waals surface area contributed by atoms with Crippen LogP contribution in [-0.4, -0.2) is 37.2 Å². The van der Waals surface area contributed by atoms with Gasteiger partial charge in [-0.3, -0.25) is 0 Å². The zero-order valence-electron chi connectivity index (χ0n) is 12.9. The van der Waals surface area contributed by atoms with Crippen LogP contribution < -0.4 is 5.32 Å². The fraction of sp³-hybridized carbons (Fsp3) is 0.867. The van der Waals surface area contributed by atoms with Crippen molar-refractivity contribution in [2.45, 2.75) is 52.2 Å². The molecule has 1 saturated heterocycles. The van der Waals surface area contributed by atoms with E-state index in [0.717, 1.165) is 32.3 Å². The van der Waals surface area contributed by atoms with Crippen LogP contribution in [0.15, 0.2) is 0 Å². The summed E-state index contributed by atoms with van der Waals surface area (Å²) in [4.78, 5) is 10.4. The average Bonchev–Trinajstić information content (AvgIpc) is 2.46. The molecule has 1 aliphatic heterocycles. The van der Waals surface area contributed by atoms with Gasteiger partial charge in [-0.1, -0.05) is 13.8 Å². The van der Waals surface area contributed by atoms with Gasteiger partial charge in [0.2, 0.25) is 0 Å². The standard InChI is InChI=1S/C15H26N2O4/c1-15(2,11-21-13-5-3-4-8-20-13)7-6-12(9-16)10-17-14(18)19/h12-13,17H,3-8,10-11H2,1-2H3,(H,18,19). The molecular formula is C15H26N2O4. The Kier molecular flexibility index (Phi) is 7.48. The van der Waals surface area contributed by atoms with Gasteiger partial charge in [0.1, 0.15) is 0 Å². The summed E-state index contributed by atoms with van der Waals surface area (Å²) in [6.45, 7) is 5.71. The van der Waals surface area contributed by atoms with Gasteiger partial charge >= 0.3 is 6.09 Å². The van der Waals surface area contributed by atoms with Crippen molar-refractivity contribution >= 4 is 6.09 Å². The Hall–Kier alpha value is -1.32. The maximum Gasteiger partial charge on any atom is 0.404 e. The highest BCUT2D eigenvalue weighted by Crippen LogP contribution is 2.27. The van der Waals surface area contributed by atoms with Crippen LogP contribution >= 0.6 is 0 Å². The molecule has 0 aromatic heterocycles. The highest BCUT2D eigenvalue weighted by Gasteiger charge is 2.24. The lowest BCUT2D eigenvalue weighted by Crippen LogP contribution is -2.30. The monoisotopic (exact) mass is 298 g/mol. The molecule has 120 valence electrons. The lowest BCUT2D eigenvalue weighted by molar-refractivity contribution is -0.176. The smallest absolute Gasteiger partial charge is 0.404 e. The van der Waals surface area contributed by atoms with Crippen molar-refractivity contribution in [2.24, 2.45) is 11.3 Å². The summed E-state index contributed by atoms with van der Waals surface area (Å²) < 4.78 is 11.3. The van der Waals surface area contributed by atoms with Crippen molar-refractivity contribution in [3.05, 3.63) is 0 Å². The van der Waals surface area contributed by atoms with Crippen molar-refractivity contribution < 1.29 is 19.4 Å². The first-order chi connectivity index (χ1) is 9.93. The van der Waals surface area contributed by atoms with Crippen molar-refractivity contribution in [1.82, 2.24) is 5.32 Å². The van der Waals surface area contributed by atoms with Crippen molar-refractivity contribution in [1.29, 1.82) is 5.26 Å². The van der Waals surface area contributed by atoms with Gasteiger partial charge in [-0.25, -0.2) is 4.79 Å². The molecule has 0 aliphatic carbocycles. The van der Waals surface area contributed by atoms with Gasteiger partial charge in [-0.05, 0) is 37.5 Å². The molecule has 2 unspecified atom stereocenters. The first-order valence-corrected chi connectivity index (χ1v) is 7.52. The molecule has 0 bridgehead atoms. The number of rotatable bonds is 8. The minimum Gasteiger partial charge on any atom is -0.465 e. The number of nitrogens with zero attached hydrogens (tertiary/aromatic N) is 1. The molecule has 0 radical (unpaired) electrons. The van der Waals surface area contributed by atoms with Crippen LogP contribution in [0.25, 0.3) is 0 Å². The molecule has 1 fully saturated rings. The third-order valence-electron chi connectivity index (χ3n) is 3.65. The lowest BCUT2D eigenvalue weighted by Gasteiger charge is -2.30. The second-order valence-corrected chi connectivity index (χ2v) is 6.32. The number of hydrogen-bond acceptors (Lipinski definition) is 4. The average molecular weight is 298 g/mol. The predicted molar refractivity (Wildman–Crippen MR) is 77.7 cm³/mol.